The van der Waals surface area contributed by atoms with E-state index < -0.39 is 0 Å². The van der Waals surface area contributed by atoms with Crippen LogP contribution in [0.2, 0.25) is 0 Å². The van der Waals surface area contributed by atoms with Crippen LogP contribution < -0.4 is 0 Å². The molecule has 2 aromatic rings. The van der Waals surface area contributed by atoms with Crippen LogP contribution in [0.25, 0.3) is 0 Å². The summed E-state index contributed by atoms with van der Waals surface area (Å²) >= 11 is 0. The molecule has 2 aliphatic heterocycles. The molecule has 1 atom stereocenters. The van der Waals surface area contributed by atoms with Gasteiger partial charge < -0.3 is 9.64 Å². The van der Waals surface area contributed by atoms with Crippen LogP contribution in [-0.4, -0.2) is 73.0 Å². The van der Waals surface area contributed by atoms with E-state index in [0.717, 1.165) is 44.8 Å². The standard InChI is InChI=1S/C24H30FN3O2/c1-19-4-2-3-5-21(19)16-26-10-12-28(13-11-26)24(29)18-27-14-15-30-23(17-27)20-6-8-22(25)9-7-20/h2-9,23H,10-18H2,1H3. The van der Waals surface area contributed by atoms with Gasteiger partial charge in [0.15, 0.2) is 0 Å². The minimum Gasteiger partial charge on any atom is -0.371 e. The van der Waals surface area contributed by atoms with Crippen molar-refractivity contribution in [1.82, 2.24) is 14.7 Å². The molecule has 5 nitrogen and oxygen atoms in total. The average molecular weight is 412 g/mol. The van der Waals surface area contributed by atoms with Gasteiger partial charge in [0, 0.05) is 45.8 Å². The number of hydrogen-bond acceptors (Lipinski definition) is 4. The summed E-state index contributed by atoms with van der Waals surface area (Å²) < 4.78 is 19.0. The van der Waals surface area contributed by atoms with Crippen LogP contribution in [0.4, 0.5) is 4.39 Å². The van der Waals surface area contributed by atoms with Gasteiger partial charge in [-0.15, -0.1) is 0 Å². The monoisotopic (exact) mass is 411 g/mol. The Balaban J connectivity index is 1.25. The van der Waals surface area contributed by atoms with E-state index >= 15 is 0 Å². The average Bonchev–Trinajstić information content (AvgIpc) is 2.76. The molecule has 30 heavy (non-hydrogen) atoms. The molecule has 6 heteroatoms. The van der Waals surface area contributed by atoms with Crippen molar-refractivity contribution in [2.75, 3.05) is 52.4 Å². The number of carbonyl (C=O) groups excluding carboxylic acids is 1. The molecule has 0 bridgehead atoms. The highest BCUT2D eigenvalue weighted by Crippen LogP contribution is 2.22. The first-order valence-corrected chi connectivity index (χ1v) is 10.7. The third-order valence-corrected chi connectivity index (χ3v) is 6.13. The molecule has 1 amide bonds. The van der Waals surface area contributed by atoms with E-state index in [1.165, 1.54) is 23.3 Å². The Hall–Kier alpha value is -2.28. The van der Waals surface area contributed by atoms with Gasteiger partial charge in [-0.05, 0) is 35.7 Å². The molecular weight excluding hydrogens is 381 g/mol. The third kappa shape index (κ3) is 5.25. The van der Waals surface area contributed by atoms with Crippen LogP contribution >= 0.6 is 0 Å². The molecule has 0 aromatic heterocycles. The van der Waals surface area contributed by atoms with Gasteiger partial charge in [-0.25, -0.2) is 4.39 Å². The van der Waals surface area contributed by atoms with Crippen molar-refractivity contribution in [3.63, 3.8) is 0 Å². The highest BCUT2D eigenvalue weighted by atomic mass is 19.1. The summed E-state index contributed by atoms with van der Waals surface area (Å²) in [6.07, 6.45) is -0.113. The molecule has 2 heterocycles. The number of aryl methyl sites for hydroxylation is 1. The third-order valence-electron chi connectivity index (χ3n) is 6.13. The van der Waals surface area contributed by atoms with E-state index in [1.807, 2.05) is 4.90 Å². The molecule has 0 radical (unpaired) electrons. The Kier molecular flexibility index (Phi) is 6.77. The van der Waals surface area contributed by atoms with Gasteiger partial charge in [0.05, 0.1) is 19.3 Å². The second kappa shape index (κ2) is 9.69. The van der Waals surface area contributed by atoms with Crippen LogP contribution in [0.1, 0.15) is 22.8 Å². The van der Waals surface area contributed by atoms with Gasteiger partial charge in [-0.3, -0.25) is 14.6 Å². The van der Waals surface area contributed by atoms with Gasteiger partial charge >= 0.3 is 0 Å². The summed E-state index contributed by atoms with van der Waals surface area (Å²) in [6, 6.07) is 14.9. The molecule has 2 fully saturated rings. The number of hydrogen-bond donors (Lipinski definition) is 0. The van der Waals surface area contributed by atoms with Gasteiger partial charge in [0.1, 0.15) is 5.82 Å². The highest BCUT2D eigenvalue weighted by Gasteiger charge is 2.27. The first-order chi connectivity index (χ1) is 14.6. The molecule has 4 rings (SSSR count). The summed E-state index contributed by atoms with van der Waals surface area (Å²) in [7, 11) is 0. The molecule has 1 unspecified atom stereocenters. The van der Waals surface area contributed by atoms with E-state index in [4.69, 9.17) is 4.74 Å². The number of benzene rings is 2. The summed E-state index contributed by atoms with van der Waals surface area (Å²) in [6.45, 7) is 8.85. The van der Waals surface area contributed by atoms with E-state index in [1.54, 1.807) is 12.1 Å². The second-order valence-electron chi connectivity index (χ2n) is 8.23. The molecule has 2 aliphatic rings. The second-order valence-corrected chi connectivity index (χ2v) is 8.23. The first kappa shape index (κ1) is 21.0. The molecule has 2 aromatic carbocycles. The van der Waals surface area contributed by atoms with E-state index in [9.17, 15) is 9.18 Å². The number of carbonyl (C=O) groups is 1. The van der Waals surface area contributed by atoms with Crippen molar-refractivity contribution in [3.05, 3.63) is 71.0 Å². The number of morpholine rings is 1. The fourth-order valence-corrected chi connectivity index (χ4v) is 4.20. The first-order valence-electron chi connectivity index (χ1n) is 10.7. The molecule has 160 valence electrons. The zero-order valence-electron chi connectivity index (χ0n) is 17.6. The van der Waals surface area contributed by atoms with Crippen molar-refractivity contribution in [2.45, 2.75) is 19.6 Å². The summed E-state index contributed by atoms with van der Waals surface area (Å²) in [5.74, 6) is -0.0616. The number of nitrogens with zero attached hydrogens (tertiary/aromatic N) is 3. The number of amides is 1. The largest absolute Gasteiger partial charge is 0.371 e. The van der Waals surface area contributed by atoms with Gasteiger partial charge in [-0.2, -0.15) is 0 Å². The smallest absolute Gasteiger partial charge is 0.236 e. The Bertz CT molecular complexity index is 850. The summed E-state index contributed by atoms with van der Waals surface area (Å²) in [4.78, 5) is 19.4. The van der Waals surface area contributed by atoms with E-state index in [-0.39, 0.29) is 17.8 Å². The van der Waals surface area contributed by atoms with Crippen LogP contribution in [0.15, 0.2) is 48.5 Å². The molecule has 0 spiro atoms. The van der Waals surface area contributed by atoms with Gasteiger partial charge in [0.2, 0.25) is 5.91 Å². The fraction of sp³-hybridized carbons (Fsp3) is 0.458. The van der Waals surface area contributed by atoms with Crippen molar-refractivity contribution in [3.8, 4) is 0 Å². The lowest BCUT2D eigenvalue weighted by atomic mass is 10.1. The maximum Gasteiger partial charge on any atom is 0.236 e. The lowest BCUT2D eigenvalue weighted by Crippen LogP contribution is -2.52. The van der Waals surface area contributed by atoms with Crippen molar-refractivity contribution < 1.29 is 13.9 Å². The molecule has 2 saturated heterocycles. The topological polar surface area (TPSA) is 36.0 Å². The lowest BCUT2D eigenvalue weighted by molar-refractivity contribution is -0.136. The van der Waals surface area contributed by atoms with Crippen molar-refractivity contribution >= 4 is 5.91 Å². The van der Waals surface area contributed by atoms with Gasteiger partial charge in [-0.1, -0.05) is 36.4 Å². The number of ether oxygens (including phenoxy) is 1. The predicted molar refractivity (Wildman–Crippen MR) is 115 cm³/mol. The quantitative estimate of drug-likeness (QED) is 0.758. The summed E-state index contributed by atoms with van der Waals surface area (Å²) in [5.41, 5.74) is 3.63. The van der Waals surface area contributed by atoms with E-state index in [0.29, 0.717) is 19.7 Å². The van der Waals surface area contributed by atoms with Crippen LogP contribution in [0, 0.1) is 12.7 Å². The maximum absolute atomic E-state index is 13.2. The lowest BCUT2D eigenvalue weighted by Gasteiger charge is -2.37. The minimum absolute atomic E-state index is 0.113. The van der Waals surface area contributed by atoms with Crippen LogP contribution in [0.3, 0.4) is 0 Å². The predicted octanol–water partition coefficient (Wildman–Crippen LogP) is 2.85. The maximum atomic E-state index is 13.2. The Morgan fingerprint density at radius 1 is 1.00 bits per heavy atom. The minimum atomic E-state index is -0.247. The zero-order chi connectivity index (χ0) is 20.9. The van der Waals surface area contributed by atoms with Gasteiger partial charge in [0.25, 0.3) is 0 Å². The Labute approximate surface area is 178 Å². The van der Waals surface area contributed by atoms with Crippen LogP contribution in [0.5, 0.6) is 0 Å². The fourth-order valence-electron chi connectivity index (χ4n) is 4.20. The van der Waals surface area contributed by atoms with Crippen molar-refractivity contribution in [1.29, 1.82) is 0 Å². The SMILES string of the molecule is Cc1ccccc1CN1CCN(C(=O)CN2CCOC(c3ccc(F)cc3)C2)CC1. The molecule has 0 aliphatic carbocycles. The Morgan fingerprint density at radius 2 is 1.73 bits per heavy atom. The van der Waals surface area contributed by atoms with E-state index in [2.05, 4.69) is 41.0 Å². The summed E-state index contributed by atoms with van der Waals surface area (Å²) in [5, 5.41) is 0. The molecular formula is C24H30FN3O2. The molecule has 0 N–H and O–H groups in total. The van der Waals surface area contributed by atoms with Crippen LogP contribution in [-0.2, 0) is 16.1 Å². The number of halogens is 1. The zero-order valence-corrected chi connectivity index (χ0v) is 17.6. The number of rotatable bonds is 5. The normalized spacial score (nSPS) is 21.0. The van der Waals surface area contributed by atoms with Crippen molar-refractivity contribution in [2.24, 2.45) is 0 Å². The molecule has 0 saturated carbocycles. The Morgan fingerprint density at radius 3 is 2.47 bits per heavy atom. The number of piperazine rings is 1. The highest BCUT2D eigenvalue weighted by molar-refractivity contribution is 5.78.